The largest absolute Gasteiger partial charge is 0.444 e. The Bertz CT molecular complexity index is 191. The predicted molar refractivity (Wildman–Crippen MR) is 48.4 cm³/mol. The minimum atomic E-state index is -0.327. The summed E-state index contributed by atoms with van der Waals surface area (Å²) < 4.78 is 4.97. The molecule has 1 aliphatic heterocycles. The highest BCUT2D eigenvalue weighted by Crippen LogP contribution is 2.23. The third kappa shape index (κ3) is 3.22. The zero-order valence-corrected chi connectivity index (χ0v) is 8.17. The topological polar surface area (TPSA) is 58.6 Å². The number of aliphatic hydroxyl groups excluding tert-OH is 1. The van der Waals surface area contributed by atoms with Crippen molar-refractivity contribution in [3.05, 3.63) is 0 Å². The van der Waals surface area contributed by atoms with E-state index in [1.807, 2.05) is 13.8 Å². The molecule has 4 heteroatoms. The second kappa shape index (κ2) is 3.96. The average molecular weight is 187 g/mol. The lowest BCUT2D eigenvalue weighted by Gasteiger charge is -2.22. The lowest BCUT2D eigenvalue weighted by molar-refractivity contribution is 0.106. The van der Waals surface area contributed by atoms with Gasteiger partial charge in [0.2, 0.25) is 0 Å². The van der Waals surface area contributed by atoms with E-state index in [4.69, 9.17) is 9.84 Å². The Labute approximate surface area is 78.3 Å². The molecule has 0 aromatic rings. The Morgan fingerprint density at radius 3 is 2.85 bits per heavy atom. The van der Waals surface area contributed by atoms with Crippen molar-refractivity contribution < 1.29 is 14.6 Å². The third-order valence-electron chi connectivity index (χ3n) is 2.32. The first-order valence-corrected chi connectivity index (χ1v) is 4.59. The van der Waals surface area contributed by atoms with Crippen LogP contribution < -0.4 is 5.32 Å². The van der Waals surface area contributed by atoms with Crippen LogP contribution in [0, 0.1) is 5.41 Å². The molecule has 1 fully saturated rings. The predicted octanol–water partition coefficient (Wildman–Crippen LogP) is 0.893. The van der Waals surface area contributed by atoms with Crippen molar-refractivity contribution >= 4 is 6.09 Å². The van der Waals surface area contributed by atoms with Gasteiger partial charge < -0.3 is 15.2 Å². The highest BCUT2D eigenvalue weighted by molar-refractivity contribution is 5.69. The Balaban J connectivity index is 2.23. The molecule has 0 bridgehead atoms. The number of carbonyl (C=O) groups excluding carboxylic acids is 1. The minimum absolute atomic E-state index is 0.0154. The van der Waals surface area contributed by atoms with Gasteiger partial charge in [-0.05, 0) is 18.3 Å². The van der Waals surface area contributed by atoms with Crippen LogP contribution in [-0.4, -0.2) is 30.5 Å². The van der Waals surface area contributed by atoms with E-state index in [-0.39, 0.29) is 24.2 Å². The number of ether oxygens (including phenoxy) is 1. The van der Waals surface area contributed by atoms with Gasteiger partial charge in [-0.25, -0.2) is 4.79 Å². The quantitative estimate of drug-likeness (QED) is 0.687. The Hall–Kier alpha value is -0.770. The highest BCUT2D eigenvalue weighted by atomic mass is 16.6. The average Bonchev–Trinajstić information content (AvgIpc) is 2.48. The molecule has 0 radical (unpaired) electrons. The summed E-state index contributed by atoms with van der Waals surface area (Å²) in [6.45, 7) is 4.76. The van der Waals surface area contributed by atoms with Gasteiger partial charge in [-0.1, -0.05) is 13.8 Å². The Kier molecular flexibility index (Phi) is 3.14. The van der Waals surface area contributed by atoms with Gasteiger partial charge in [0.1, 0.15) is 6.10 Å². The zero-order chi connectivity index (χ0) is 9.90. The van der Waals surface area contributed by atoms with Gasteiger partial charge in [0.25, 0.3) is 0 Å². The molecule has 13 heavy (non-hydrogen) atoms. The van der Waals surface area contributed by atoms with E-state index in [2.05, 4.69) is 5.32 Å². The van der Waals surface area contributed by atoms with Crippen LogP contribution in [0.4, 0.5) is 4.79 Å². The number of carbonyl (C=O) groups is 1. The molecule has 0 saturated carbocycles. The summed E-state index contributed by atoms with van der Waals surface area (Å²) in [6, 6.07) is 0. The minimum Gasteiger partial charge on any atom is -0.444 e. The first-order valence-electron chi connectivity index (χ1n) is 4.59. The van der Waals surface area contributed by atoms with Gasteiger partial charge in [-0.3, -0.25) is 0 Å². The van der Waals surface area contributed by atoms with Crippen molar-refractivity contribution in [3.63, 3.8) is 0 Å². The van der Waals surface area contributed by atoms with E-state index in [0.29, 0.717) is 6.54 Å². The zero-order valence-electron chi connectivity index (χ0n) is 8.17. The van der Waals surface area contributed by atoms with E-state index in [9.17, 15) is 4.79 Å². The number of aliphatic hydroxyl groups is 1. The third-order valence-corrected chi connectivity index (χ3v) is 2.32. The fourth-order valence-corrected chi connectivity index (χ4v) is 1.22. The van der Waals surface area contributed by atoms with Crippen LogP contribution in [0.25, 0.3) is 0 Å². The molecule has 1 unspecified atom stereocenters. The number of alkyl carbamates (subject to hydrolysis) is 1. The van der Waals surface area contributed by atoms with Gasteiger partial charge in [0.05, 0.1) is 6.54 Å². The van der Waals surface area contributed by atoms with Gasteiger partial charge in [0, 0.05) is 6.61 Å². The van der Waals surface area contributed by atoms with Crippen molar-refractivity contribution in [3.8, 4) is 0 Å². The van der Waals surface area contributed by atoms with Crippen molar-refractivity contribution in [2.45, 2.75) is 32.8 Å². The molecular weight excluding hydrogens is 170 g/mol. The molecule has 2 N–H and O–H groups in total. The molecule has 1 atom stereocenters. The van der Waals surface area contributed by atoms with Gasteiger partial charge >= 0.3 is 6.09 Å². The SMILES string of the molecule is CC(C)(CO)CCC1CNC(=O)O1. The second-order valence-electron chi connectivity index (χ2n) is 4.27. The van der Waals surface area contributed by atoms with Gasteiger partial charge in [-0.2, -0.15) is 0 Å². The maximum Gasteiger partial charge on any atom is 0.407 e. The van der Waals surface area contributed by atoms with E-state index in [0.717, 1.165) is 12.8 Å². The van der Waals surface area contributed by atoms with Gasteiger partial charge in [0.15, 0.2) is 0 Å². The fraction of sp³-hybridized carbons (Fsp3) is 0.889. The summed E-state index contributed by atoms with van der Waals surface area (Å²) in [5.41, 5.74) is -0.0744. The van der Waals surface area contributed by atoms with E-state index < -0.39 is 0 Å². The fourth-order valence-electron chi connectivity index (χ4n) is 1.22. The van der Waals surface area contributed by atoms with Crippen LogP contribution in [0.1, 0.15) is 26.7 Å². The number of rotatable bonds is 4. The molecule has 0 aliphatic carbocycles. The monoisotopic (exact) mass is 187 g/mol. The molecule has 1 amide bonds. The molecule has 76 valence electrons. The molecule has 0 aromatic carbocycles. The highest BCUT2D eigenvalue weighted by Gasteiger charge is 2.25. The standard InChI is InChI=1S/C9H17NO3/c1-9(2,6-11)4-3-7-5-10-8(12)13-7/h7,11H,3-6H2,1-2H3,(H,10,12). The molecular formula is C9H17NO3. The van der Waals surface area contributed by atoms with E-state index >= 15 is 0 Å². The number of cyclic esters (lactones) is 1. The lowest BCUT2D eigenvalue weighted by atomic mass is 9.88. The first kappa shape index (κ1) is 10.3. The number of hydrogen-bond acceptors (Lipinski definition) is 3. The van der Waals surface area contributed by atoms with Crippen LogP contribution in [-0.2, 0) is 4.74 Å². The molecule has 1 heterocycles. The number of hydrogen-bond donors (Lipinski definition) is 2. The van der Waals surface area contributed by atoms with Gasteiger partial charge in [-0.15, -0.1) is 0 Å². The molecule has 4 nitrogen and oxygen atoms in total. The lowest BCUT2D eigenvalue weighted by Crippen LogP contribution is -2.21. The summed E-state index contributed by atoms with van der Waals surface area (Å²) in [5, 5.41) is 11.6. The van der Waals surface area contributed by atoms with Crippen molar-refractivity contribution in [2.24, 2.45) is 5.41 Å². The second-order valence-corrected chi connectivity index (χ2v) is 4.27. The van der Waals surface area contributed by atoms with E-state index in [1.165, 1.54) is 0 Å². The van der Waals surface area contributed by atoms with Crippen molar-refractivity contribution in [1.82, 2.24) is 5.32 Å². The molecule has 1 aliphatic rings. The summed E-state index contributed by atoms with van der Waals surface area (Å²) in [4.78, 5) is 10.7. The van der Waals surface area contributed by atoms with Crippen molar-refractivity contribution in [1.29, 1.82) is 0 Å². The van der Waals surface area contributed by atoms with Crippen molar-refractivity contribution in [2.75, 3.05) is 13.2 Å². The summed E-state index contributed by atoms with van der Waals surface area (Å²) in [6.07, 6.45) is 1.33. The van der Waals surface area contributed by atoms with Crippen LogP contribution in [0.5, 0.6) is 0 Å². The van der Waals surface area contributed by atoms with Crippen LogP contribution >= 0.6 is 0 Å². The normalized spacial score (nSPS) is 22.7. The summed E-state index contributed by atoms with van der Waals surface area (Å²) in [7, 11) is 0. The molecule has 1 rings (SSSR count). The summed E-state index contributed by atoms with van der Waals surface area (Å²) >= 11 is 0. The van der Waals surface area contributed by atoms with Crippen LogP contribution in [0.2, 0.25) is 0 Å². The maximum atomic E-state index is 10.7. The molecule has 0 aromatic heterocycles. The number of nitrogens with one attached hydrogen (secondary N) is 1. The van der Waals surface area contributed by atoms with Crippen LogP contribution in [0.15, 0.2) is 0 Å². The van der Waals surface area contributed by atoms with E-state index in [1.54, 1.807) is 0 Å². The van der Waals surface area contributed by atoms with Crippen LogP contribution in [0.3, 0.4) is 0 Å². The smallest absolute Gasteiger partial charge is 0.407 e. The maximum absolute atomic E-state index is 10.7. The molecule has 1 saturated heterocycles. The Morgan fingerprint density at radius 1 is 1.69 bits per heavy atom. The summed E-state index contributed by atoms with van der Waals surface area (Å²) in [5.74, 6) is 0. The molecule has 0 spiro atoms. The number of amides is 1. The Morgan fingerprint density at radius 2 is 2.38 bits per heavy atom. The first-order chi connectivity index (χ1) is 6.03.